The first kappa shape index (κ1) is 13.8. The van der Waals surface area contributed by atoms with E-state index in [1.165, 1.54) is 6.33 Å². The van der Waals surface area contributed by atoms with Crippen molar-refractivity contribution in [2.75, 3.05) is 0 Å². The average Bonchev–Trinajstić information content (AvgIpc) is 2.30. The monoisotopic (exact) mass is 255 g/mol. The predicted molar refractivity (Wildman–Crippen MR) is 67.0 cm³/mol. The van der Waals surface area contributed by atoms with E-state index < -0.39 is 15.7 Å². The van der Waals surface area contributed by atoms with E-state index in [2.05, 4.69) is 9.97 Å². The van der Waals surface area contributed by atoms with E-state index in [4.69, 9.17) is 5.73 Å². The minimum Gasteiger partial charge on any atom is -0.293 e. The number of hydrogen-bond donors (Lipinski definition) is 1. The number of nitrogens with zero attached hydrogens (tertiary/aromatic N) is 2. The van der Waals surface area contributed by atoms with Gasteiger partial charge in [-0.15, -0.1) is 0 Å². The Labute approximate surface area is 103 Å². The van der Waals surface area contributed by atoms with Gasteiger partial charge in [-0.05, 0) is 12.0 Å². The average molecular weight is 255 g/mol. The predicted octanol–water partition coefficient (Wildman–Crippen LogP) is 0.748. The fourth-order valence-corrected chi connectivity index (χ4v) is 2.71. The van der Waals surface area contributed by atoms with Crippen molar-refractivity contribution in [2.24, 2.45) is 11.7 Å². The normalized spacial score (nSPS) is 13.2. The van der Waals surface area contributed by atoms with Gasteiger partial charge in [0.1, 0.15) is 11.3 Å². The van der Waals surface area contributed by atoms with Crippen molar-refractivity contribution < 1.29 is 8.42 Å². The molecule has 1 aromatic rings. The number of nitrogens with two attached hydrogens (primary N) is 1. The summed E-state index contributed by atoms with van der Waals surface area (Å²) in [5.74, 6) is -0.258. The maximum Gasteiger partial charge on any atom is 0.228 e. The molecule has 1 aromatic heterocycles. The third-order valence-electron chi connectivity index (χ3n) is 3.12. The van der Waals surface area contributed by atoms with Crippen molar-refractivity contribution in [3.05, 3.63) is 24.3 Å². The van der Waals surface area contributed by atoms with Gasteiger partial charge in [0.2, 0.25) is 10.3 Å². The summed E-state index contributed by atoms with van der Waals surface area (Å²) < 4.78 is 22.0. The number of hydrogen-bond acceptors (Lipinski definition) is 4. The highest BCUT2D eigenvalue weighted by atomic mass is 32.2. The van der Waals surface area contributed by atoms with E-state index >= 15 is 0 Å². The van der Waals surface area contributed by atoms with Crippen molar-refractivity contribution in [3.8, 4) is 0 Å². The van der Waals surface area contributed by atoms with Crippen LogP contribution in [0.4, 0.5) is 0 Å². The molecule has 0 aliphatic heterocycles. The van der Waals surface area contributed by atoms with E-state index in [1.54, 1.807) is 12.4 Å². The van der Waals surface area contributed by atoms with Crippen LogP contribution in [0, 0.1) is 5.92 Å². The molecule has 0 saturated carbocycles. The third kappa shape index (κ3) is 2.89. The van der Waals surface area contributed by atoms with Crippen LogP contribution >= 0.6 is 0 Å². The number of aromatic nitrogens is 2. The minimum atomic E-state index is -2.36. The lowest BCUT2D eigenvalue weighted by molar-refractivity contribution is 0.393. The van der Waals surface area contributed by atoms with E-state index in [-0.39, 0.29) is 10.9 Å². The summed E-state index contributed by atoms with van der Waals surface area (Å²) in [5.41, 5.74) is 6.12. The Hall–Kier alpha value is -1.27. The molecule has 0 saturated heterocycles. The zero-order valence-electron chi connectivity index (χ0n) is 10.2. The van der Waals surface area contributed by atoms with E-state index in [0.29, 0.717) is 6.42 Å². The van der Waals surface area contributed by atoms with Crippen LogP contribution in [0.1, 0.15) is 32.8 Å². The summed E-state index contributed by atoms with van der Waals surface area (Å²) in [6.45, 7) is 5.80. The highest BCUT2D eigenvalue weighted by molar-refractivity contribution is 7.72. The Morgan fingerprint density at radius 3 is 2.35 bits per heavy atom. The SMILES string of the molecule is CCC(C(N)=S(=O)=O)C(C)(C)c1cncnc1. The molecule has 2 N–H and O–H groups in total. The molecule has 6 heteroatoms. The summed E-state index contributed by atoms with van der Waals surface area (Å²) in [6.07, 6.45) is 5.47. The second kappa shape index (κ2) is 5.37. The fraction of sp³-hybridized carbons (Fsp3) is 0.545. The Bertz CT molecular complexity index is 501. The Morgan fingerprint density at radius 2 is 1.94 bits per heavy atom. The molecule has 1 rings (SSSR count). The molecule has 0 bridgehead atoms. The van der Waals surface area contributed by atoms with Gasteiger partial charge in [-0.2, -0.15) is 8.42 Å². The van der Waals surface area contributed by atoms with E-state index in [9.17, 15) is 8.42 Å². The molecule has 0 spiro atoms. The Kier molecular flexibility index (Phi) is 4.36. The van der Waals surface area contributed by atoms with Crippen molar-refractivity contribution in [3.63, 3.8) is 0 Å². The topological polar surface area (TPSA) is 85.9 Å². The highest BCUT2D eigenvalue weighted by Gasteiger charge is 2.33. The van der Waals surface area contributed by atoms with Crippen molar-refractivity contribution in [2.45, 2.75) is 32.6 Å². The van der Waals surface area contributed by atoms with Crippen LogP contribution in [0.15, 0.2) is 18.7 Å². The van der Waals surface area contributed by atoms with Crippen molar-refractivity contribution in [1.29, 1.82) is 0 Å². The molecule has 5 nitrogen and oxygen atoms in total. The van der Waals surface area contributed by atoms with Crippen LogP contribution in [-0.4, -0.2) is 23.4 Å². The molecule has 17 heavy (non-hydrogen) atoms. The summed E-state index contributed by atoms with van der Waals surface area (Å²) in [7, 11) is -2.36. The molecule has 0 aliphatic rings. The van der Waals surface area contributed by atoms with Gasteiger partial charge in [0.15, 0.2) is 0 Å². The van der Waals surface area contributed by atoms with Gasteiger partial charge in [-0.3, -0.25) is 5.73 Å². The standard InChI is InChI=1S/C11H17N3O2S/c1-4-9(10(12)17(15)16)11(2,3)8-5-13-7-14-6-8/h5-7,9H,4,12H2,1-3H3. The lowest BCUT2D eigenvalue weighted by Crippen LogP contribution is -2.39. The van der Waals surface area contributed by atoms with Crippen molar-refractivity contribution >= 4 is 15.3 Å². The van der Waals surface area contributed by atoms with Gasteiger partial charge in [0.05, 0.1) is 0 Å². The van der Waals surface area contributed by atoms with E-state index in [1.807, 2.05) is 20.8 Å². The fourth-order valence-electron chi connectivity index (χ4n) is 2.02. The molecule has 1 heterocycles. The highest BCUT2D eigenvalue weighted by Crippen LogP contribution is 2.32. The molecule has 1 unspecified atom stereocenters. The van der Waals surface area contributed by atoms with Gasteiger partial charge in [0.25, 0.3) is 0 Å². The Balaban J connectivity index is 3.25. The molecule has 0 radical (unpaired) electrons. The van der Waals surface area contributed by atoms with Gasteiger partial charge >= 0.3 is 0 Å². The zero-order chi connectivity index (χ0) is 13.1. The first-order valence-electron chi connectivity index (χ1n) is 5.38. The summed E-state index contributed by atoms with van der Waals surface area (Å²) in [6, 6.07) is 0. The first-order valence-corrected chi connectivity index (χ1v) is 6.45. The maximum absolute atomic E-state index is 11.0. The summed E-state index contributed by atoms with van der Waals surface area (Å²) >= 11 is 0. The molecule has 94 valence electrons. The van der Waals surface area contributed by atoms with Crippen LogP contribution in [0.25, 0.3) is 0 Å². The smallest absolute Gasteiger partial charge is 0.228 e. The third-order valence-corrected chi connectivity index (χ3v) is 3.79. The van der Waals surface area contributed by atoms with Gasteiger partial charge in [-0.25, -0.2) is 9.97 Å². The molecular weight excluding hydrogens is 238 g/mol. The molecule has 0 aliphatic carbocycles. The van der Waals surface area contributed by atoms with Gasteiger partial charge in [0, 0.05) is 23.7 Å². The van der Waals surface area contributed by atoms with Crippen LogP contribution < -0.4 is 5.73 Å². The van der Waals surface area contributed by atoms with Gasteiger partial charge < -0.3 is 0 Å². The molecular formula is C11H17N3O2S. The summed E-state index contributed by atoms with van der Waals surface area (Å²) in [5, 5.41) is 0. The molecule has 0 aromatic carbocycles. The van der Waals surface area contributed by atoms with Crippen LogP contribution in [0.5, 0.6) is 0 Å². The van der Waals surface area contributed by atoms with Gasteiger partial charge in [-0.1, -0.05) is 20.8 Å². The largest absolute Gasteiger partial charge is 0.293 e. The minimum absolute atomic E-state index is 0.0126. The Morgan fingerprint density at radius 1 is 1.41 bits per heavy atom. The maximum atomic E-state index is 11.0. The second-order valence-corrected chi connectivity index (χ2v) is 5.39. The lowest BCUT2D eigenvalue weighted by Gasteiger charge is -2.32. The molecule has 0 fully saturated rings. The molecule has 1 atom stereocenters. The van der Waals surface area contributed by atoms with E-state index in [0.717, 1.165) is 5.56 Å². The van der Waals surface area contributed by atoms with Crippen LogP contribution in [0.3, 0.4) is 0 Å². The number of rotatable bonds is 4. The van der Waals surface area contributed by atoms with Crippen molar-refractivity contribution in [1.82, 2.24) is 9.97 Å². The summed E-state index contributed by atoms with van der Waals surface area (Å²) in [4.78, 5) is 7.90. The van der Waals surface area contributed by atoms with Crippen LogP contribution in [-0.2, 0) is 15.7 Å². The molecule has 0 amide bonds. The first-order chi connectivity index (χ1) is 7.91. The van der Waals surface area contributed by atoms with Crippen LogP contribution in [0.2, 0.25) is 0 Å². The lowest BCUT2D eigenvalue weighted by atomic mass is 9.73. The zero-order valence-corrected chi connectivity index (χ0v) is 11.0. The quantitative estimate of drug-likeness (QED) is 0.802. The second-order valence-electron chi connectivity index (χ2n) is 4.45.